The first-order valence-corrected chi connectivity index (χ1v) is 8.14. The Balaban J connectivity index is 2.01. The van der Waals surface area contributed by atoms with Gasteiger partial charge in [-0.05, 0) is 37.9 Å². The lowest BCUT2D eigenvalue weighted by Crippen LogP contribution is -2.43. The maximum Gasteiger partial charge on any atom is 0.322 e. The summed E-state index contributed by atoms with van der Waals surface area (Å²) < 4.78 is 0. The number of anilines is 1. The van der Waals surface area contributed by atoms with Crippen LogP contribution in [0.3, 0.4) is 0 Å². The van der Waals surface area contributed by atoms with Gasteiger partial charge in [0.2, 0.25) is 0 Å². The van der Waals surface area contributed by atoms with Gasteiger partial charge in [-0.2, -0.15) is 0 Å². The Labute approximate surface area is 127 Å². The molecule has 0 bridgehead atoms. The SMILES string of the molecule is NCCCN(C(=O)Nc1ccccc1)C1CCCCCC1. The molecule has 21 heavy (non-hydrogen) atoms. The van der Waals surface area contributed by atoms with Crippen molar-refractivity contribution in [2.24, 2.45) is 5.73 Å². The number of hydrogen-bond acceptors (Lipinski definition) is 2. The molecule has 0 radical (unpaired) electrons. The van der Waals surface area contributed by atoms with Gasteiger partial charge in [-0.1, -0.05) is 43.9 Å². The van der Waals surface area contributed by atoms with Gasteiger partial charge in [0.05, 0.1) is 0 Å². The second-order valence-electron chi connectivity index (χ2n) is 5.78. The number of benzene rings is 1. The largest absolute Gasteiger partial charge is 0.330 e. The molecule has 116 valence electrons. The standard InChI is InChI=1S/C17H27N3O/c18-13-8-14-20(16-11-6-1-2-7-12-16)17(21)19-15-9-4-3-5-10-15/h3-5,9-10,16H,1-2,6-8,11-14,18H2,(H,19,21). The first-order chi connectivity index (χ1) is 10.3. The van der Waals surface area contributed by atoms with E-state index in [4.69, 9.17) is 5.73 Å². The van der Waals surface area contributed by atoms with E-state index in [0.717, 1.165) is 31.5 Å². The minimum Gasteiger partial charge on any atom is -0.330 e. The lowest BCUT2D eigenvalue weighted by Gasteiger charge is -2.31. The van der Waals surface area contributed by atoms with Crippen LogP contribution in [0.1, 0.15) is 44.9 Å². The number of nitrogens with one attached hydrogen (secondary N) is 1. The zero-order valence-electron chi connectivity index (χ0n) is 12.8. The lowest BCUT2D eigenvalue weighted by molar-refractivity contribution is 0.179. The molecule has 0 atom stereocenters. The lowest BCUT2D eigenvalue weighted by atomic mass is 10.1. The summed E-state index contributed by atoms with van der Waals surface area (Å²) in [5.74, 6) is 0. The van der Waals surface area contributed by atoms with E-state index in [-0.39, 0.29) is 6.03 Å². The Morgan fingerprint density at radius 2 is 1.81 bits per heavy atom. The first kappa shape index (κ1) is 15.8. The van der Waals surface area contributed by atoms with Crippen molar-refractivity contribution >= 4 is 11.7 Å². The van der Waals surface area contributed by atoms with Gasteiger partial charge >= 0.3 is 6.03 Å². The van der Waals surface area contributed by atoms with Gasteiger partial charge in [0, 0.05) is 18.3 Å². The molecule has 3 N–H and O–H groups in total. The van der Waals surface area contributed by atoms with E-state index in [0.29, 0.717) is 12.6 Å². The number of urea groups is 1. The topological polar surface area (TPSA) is 58.4 Å². The molecular weight excluding hydrogens is 262 g/mol. The molecule has 2 amide bonds. The Hall–Kier alpha value is -1.55. The second-order valence-corrected chi connectivity index (χ2v) is 5.78. The average Bonchev–Trinajstić information content (AvgIpc) is 2.78. The normalized spacial score (nSPS) is 16.2. The zero-order valence-corrected chi connectivity index (χ0v) is 12.8. The minimum atomic E-state index is 0.0153. The van der Waals surface area contributed by atoms with Gasteiger partial charge in [0.1, 0.15) is 0 Å². The fourth-order valence-corrected chi connectivity index (χ4v) is 3.00. The third kappa shape index (κ3) is 5.05. The van der Waals surface area contributed by atoms with E-state index in [1.165, 1.54) is 25.7 Å². The first-order valence-electron chi connectivity index (χ1n) is 8.14. The zero-order chi connectivity index (χ0) is 14.9. The number of nitrogens with two attached hydrogens (primary N) is 1. The summed E-state index contributed by atoms with van der Waals surface area (Å²) in [4.78, 5) is 14.6. The average molecular weight is 289 g/mol. The van der Waals surface area contributed by atoms with Crippen molar-refractivity contribution in [2.45, 2.75) is 51.0 Å². The van der Waals surface area contributed by atoms with E-state index in [1.54, 1.807) is 0 Å². The number of rotatable bonds is 5. The monoisotopic (exact) mass is 289 g/mol. The van der Waals surface area contributed by atoms with Crippen LogP contribution in [0.15, 0.2) is 30.3 Å². The highest BCUT2D eigenvalue weighted by molar-refractivity contribution is 5.89. The van der Waals surface area contributed by atoms with E-state index in [2.05, 4.69) is 5.32 Å². The number of nitrogens with zero attached hydrogens (tertiary/aromatic N) is 1. The highest BCUT2D eigenvalue weighted by Crippen LogP contribution is 2.23. The molecule has 0 saturated heterocycles. The third-order valence-corrected chi connectivity index (χ3v) is 4.15. The molecule has 0 heterocycles. The highest BCUT2D eigenvalue weighted by atomic mass is 16.2. The van der Waals surface area contributed by atoms with Crippen molar-refractivity contribution < 1.29 is 4.79 Å². The Kier molecular flexibility index (Phi) is 6.54. The molecule has 1 saturated carbocycles. The van der Waals surface area contributed by atoms with Crippen molar-refractivity contribution in [3.63, 3.8) is 0 Å². The van der Waals surface area contributed by atoms with Crippen LogP contribution in [0.4, 0.5) is 10.5 Å². The third-order valence-electron chi connectivity index (χ3n) is 4.15. The molecule has 4 nitrogen and oxygen atoms in total. The van der Waals surface area contributed by atoms with Crippen LogP contribution in [0.2, 0.25) is 0 Å². The molecule has 1 aliphatic rings. The maximum absolute atomic E-state index is 12.6. The van der Waals surface area contributed by atoms with Gasteiger partial charge in [-0.3, -0.25) is 0 Å². The van der Waals surface area contributed by atoms with Crippen LogP contribution in [-0.2, 0) is 0 Å². The molecule has 0 spiro atoms. The summed E-state index contributed by atoms with van der Waals surface area (Å²) in [6.07, 6.45) is 8.13. The minimum absolute atomic E-state index is 0.0153. The van der Waals surface area contributed by atoms with Crippen LogP contribution in [-0.4, -0.2) is 30.1 Å². The Morgan fingerprint density at radius 1 is 1.14 bits per heavy atom. The van der Waals surface area contributed by atoms with Gasteiger partial charge in [-0.25, -0.2) is 4.79 Å². The van der Waals surface area contributed by atoms with Crippen molar-refractivity contribution in [1.82, 2.24) is 4.90 Å². The van der Waals surface area contributed by atoms with Crippen LogP contribution in [0, 0.1) is 0 Å². The Bertz CT molecular complexity index is 413. The molecule has 1 aromatic carbocycles. The fourth-order valence-electron chi connectivity index (χ4n) is 3.00. The summed E-state index contributed by atoms with van der Waals surface area (Å²) in [7, 11) is 0. The number of hydrogen-bond donors (Lipinski definition) is 2. The van der Waals surface area contributed by atoms with E-state index in [1.807, 2.05) is 35.2 Å². The van der Waals surface area contributed by atoms with Gasteiger partial charge in [0.25, 0.3) is 0 Å². The second kappa shape index (κ2) is 8.67. The van der Waals surface area contributed by atoms with Crippen LogP contribution >= 0.6 is 0 Å². The quantitative estimate of drug-likeness (QED) is 0.814. The number of carbonyl (C=O) groups is 1. The molecule has 1 aromatic rings. The van der Waals surface area contributed by atoms with Crippen molar-refractivity contribution in [3.8, 4) is 0 Å². The van der Waals surface area contributed by atoms with Crippen LogP contribution < -0.4 is 11.1 Å². The van der Waals surface area contributed by atoms with Gasteiger partial charge in [0.15, 0.2) is 0 Å². The molecule has 4 heteroatoms. The number of para-hydroxylation sites is 1. The summed E-state index contributed by atoms with van der Waals surface area (Å²) in [6.45, 7) is 1.38. The van der Waals surface area contributed by atoms with E-state index in [9.17, 15) is 4.79 Å². The Morgan fingerprint density at radius 3 is 2.43 bits per heavy atom. The molecule has 0 unspecified atom stereocenters. The molecule has 1 fully saturated rings. The van der Waals surface area contributed by atoms with E-state index >= 15 is 0 Å². The molecule has 2 rings (SSSR count). The molecule has 1 aliphatic carbocycles. The van der Waals surface area contributed by atoms with Crippen LogP contribution in [0.5, 0.6) is 0 Å². The van der Waals surface area contributed by atoms with Crippen molar-refractivity contribution in [2.75, 3.05) is 18.4 Å². The number of amides is 2. The van der Waals surface area contributed by atoms with Crippen molar-refractivity contribution in [1.29, 1.82) is 0 Å². The summed E-state index contributed by atoms with van der Waals surface area (Å²) in [5, 5.41) is 3.01. The molecule has 0 aromatic heterocycles. The highest BCUT2D eigenvalue weighted by Gasteiger charge is 2.24. The maximum atomic E-state index is 12.6. The predicted octanol–water partition coefficient (Wildman–Crippen LogP) is 3.59. The van der Waals surface area contributed by atoms with E-state index < -0.39 is 0 Å². The predicted molar refractivity (Wildman–Crippen MR) is 87.3 cm³/mol. The smallest absolute Gasteiger partial charge is 0.322 e. The fraction of sp³-hybridized carbons (Fsp3) is 0.588. The van der Waals surface area contributed by atoms with Gasteiger partial charge < -0.3 is 16.0 Å². The van der Waals surface area contributed by atoms with Gasteiger partial charge in [-0.15, -0.1) is 0 Å². The summed E-state index contributed by atoms with van der Waals surface area (Å²) in [6, 6.07) is 10.0. The molecular formula is C17H27N3O. The van der Waals surface area contributed by atoms with Crippen molar-refractivity contribution in [3.05, 3.63) is 30.3 Å². The number of carbonyl (C=O) groups excluding carboxylic acids is 1. The summed E-state index contributed by atoms with van der Waals surface area (Å²) in [5.41, 5.74) is 6.49. The van der Waals surface area contributed by atoms with Crippen LogP contribution in [0.25, 0.3) is 0 Å². The summed E-state index contributed by atoms with van der Waals surface area (Å²) >= 11 is 0. The molecule has 0 aliphatic heterocycles.